The zero-order valence-corrected chi connectivity index (χ0v) is 10.6. The molecule has 1 fully saturated rings. The molecule has 1 aromatic rings. The largest absolute Gasteiger partial charge is 0.508 e. The van der Waals surface area contributed by atoms with Crippen molar-refractivity contribution in [2.24, 2.45) is 11.7 Å². The van der Waals surface area contributed by atoms with Gasteiger partial charge in [-0.2, -0.15) is 0 Å². The van der Waals surface area contributed by atoms with Gasteiger partial charge in [-0.25, -0.2) is 0 Å². The second kappa shape index (κ2) is 5.40. The van der Waals surface area contributed by atoms with Crippen molar-refractivity contribution in [3.8, 4) is 5.75 Å². The van der Waals surface area contributed by atoms with E-state index in [2.05, 4.69) is 5.32 Å². The van der Waals surface area contributed by atoms with Crippen molar-refractivity contribution in [3.05, 3.63) is 29.8 Å². The number of aromatic hydroxyl groups is 1. The van der Waals surface area contributed by atoms with Gasteiger partial charge in [0.1, 0.15) is 5.75 Å². The molecular formula is C14H20N2O2. The summed E-state index contributed by atoms with van der Waals surface area (Å²) in [5.74, 6) is 0.173. The molecule has 2 rings (SSSR count). The minimum Gasteiger partial charge on any atom is -0.508 e. The highest BCUT2D eigenvalue weighted by atomic mass is 16.3. The van der Waals surface area contributed by atoms with Crippen molar-refractivity contribution >= 4 is 5.91 Å². The molecule has 1 aromatic carbocycles. The van der Waals surface area contributed by atoms with E-state index >= 15 is 0 Å². The maximum atomic E-state index is 12.1. The molecule has 18 heavy (non-hydrogen) atoms. The fourth-order valence-electron chi connectivity index (χ4n) is 2.51. The van der Waals surface area contributed by atoms with Crippen LogP contribution in [0.15, 0.2) is 24.3 Å². The van der Waals surface area contributed by atoms with Crippen LogP contribution in [0.25, 0.3) is 0 Å². The lowest BCUT2D eigenvalue weighted by Crippen LogP contribution is -2.39. The molecule has 0 radical (unpaired) electrons. The number of nitrogens with one attached hydrogen (secondary N) is 1. The Morgan fingerprint density at radius 3 is 2.89 bits per heavy atom. The Labute approximate surface area is 107 Å². The van der Waals surface area contributed by atoms with Crippen LogP contribution in [0.5, 0.6) is 5.75 Å². The monoisotopic (exact) mass is 248 g/mol. The molecule has 3 unspecified atom stereocenters. The highest BCUT2D eigenvalue weighted by molar-refractivity contribution is 5.80. The lowest BCUT2D eigenvalue weighted by Gasteiger charge is -2.20. The van der Waals surface area contributed by atoms with E-state index in [0.717, 1.165) is 24.8 Å². The normalized spacial score (nSPS) is 24.8. The van der Waals surface area contributed by atoms with Crippen LogP contribution in [-0.2, 0) is 4.79 Å². The average molecular weight is 248 g/mol. The summed E-state index contributed by atoms with van der Waals surface area (Å²) < 4.78 is 0. The van der Waals surface area contributed by atoms with Crippen LogP contribution in [0, 0.1) is 5.92 Å². The van der Waals surface area contributed by atoms with Crippen LogP contribution in [0.2, 0.25) is 0 Å². The van der Waals surface area contributed by atoms with Crippen molar-refractivity contribution in [1.82, 2.24) is 5.32 Å². The van der Waals surface area contributed by atoms with Gasteiger partial charge in [0, 0.05) is 6.04 Å². The summed E-state index contributed by atoms with van der Waals surface area (Å²) in [4.78, 5) is 12.1. The topological polar surface area (TPSA) is 75.4 Å². The molecule has 4 heteroatoms. The summed E-state index contributed by atoms with van der Waals surface area (Å²) in [6.45, 7) is 1.91. The van der Waals surface area contributed by atoms with Crippen molar-refractivity contribution in [2.45, 2.75) is 38.3 Å². The summed E-state index contributed by atoms with van der Waals surface area (Å²) in [6, 6.07) is 6.82. The van der Waals surface area contributed by atoms with Crippen LogP contribution in [-0.4, -0.2) is 17.1 Å². The van der Waals surface area contributed by atoms with Crippen LogP contribution in [0.1, 0.15) is 37.8 Å². The van der Waals surface area contributed by atoms with Crippen LogP contribution in [0.3, 0.4) is 0 Å². The number of carbonyl (C=O) groups excluding carboxylic acids is 1. The summed E-state index contributed by atoms with van der Waals surface area (Å²) in [6.07, 6.45) is 2.83. The SMILES string of the molecule is CC(NC(=O)C1CCCC1N)c1cccc(O)c1. The lowest BCUT2D eigenvalue weighted by molar-refractivity contribution is -0.125. The molecule has 0 aliphatic heterocycles. The number of carbonyl (C=O) groups is 1. The van der Waals surface area contributed by atoms with Gasteiger partial charge in [0.2, 0.25) is 5.91 Å². The quantitative estimate of drug-likeness (QED) is 0.762. The molecule has 0 bridgehead atoms. The number of rotatable bonds is 3. The van der Waals surface area contributed by atoms with E-state index in [-0.39, 0.29) is 29.7 Å². The molecule has 1 aliphatic rings. The lowest BCUT2D eigenvalue weighted by atomic mass is 10.0. The van der Waals surface area contributed by atoms with Crippen LogP contribution < -0.4 is 11.1 Å². The summed E-state index contributed by atoms with van der Waals surface area (Å²) in [5, 5.41) is 12.4. The molecule has 0 heterocycles. The summed E-state index contributed by atoms with van der Waals surface area (Å²) >= 11 is 0. The van der Waals surface area contributed by atoms with Crippen LogP contribution in [0.4, 0.5) is 0 Å². The summed E-state index contributed by atoms with van der Waals surface area (Å²) in [7, 11) is 0. The molecule has 98 valence electrons. The van der Waals surface area contributed by atoms with E-state index < -0.39 is 0 Å². The minimum atomic E-state index is -0.114. The molecule has 0 aromatic heterocycles. The van der Waals surface area contributed by atoms with E-state index in [1.54, 1.807) is 18.2 Å². The predicted octanol–water partition coefficient (Wildman–Crippen LogP) is 1.70. The highest BCUT2D eigenvalue weighted by Crippen LogP contribution is 2.25. The van der Waals surface area contributed by atoms with E-state index in [1.807, 2.05) is 13.0 Å². The van der Waals surface area contributed by atoms with Gasteiger partial charge in [0.05, 0.1) is 12.0 Å². The zero-order chi connectivity index (χ0) is 13.1. The zero-order valence-electron chi connectivity index (χ0n) is 10.6. The second-order valence-corrected chi connectivity index (χ2v) is 5.03. The highest BCUT2D eigenvalue weighted by Gasteiger charge is 2.30. The third-order valence-electron chi connectivity index (χ3n) is 3.64. The van der Waals surface area contributed by atoms with Gasteiger partial charge in [0.15, 0.2) is 0 Å². The van der Waals surface area contributed by atoms with E-state index in [4.69, 9.17) is 5.73 Å². The molecule has 1 aliphatic carbocycles. The minimum absolute atomic E-state index is 0.0126. The molecule has 1 amide bonds. The molecule has 0 spiro atoms. The van der Waals surface area contributed by atoms with E-state index in [0.29, 0.717) is 0 Å². The van der Waals surface area contributed by atoms with Gasteiger partial charge in [-0.3, -0.25) is 4.79 Å². The third-order valence-corrected chi connectivity index (χ3v) is 3.64. The predicted molar refractivity (Wildman–Crippen MR) is 70.0 cm³/mol. The van der Waals surface area contributed by atoms with Gasteiger partial charge in [-0.1, -0.05) is 18.6 Å². The van der Waals surface area contributed by atoms with E-state index in [1.165, 1.54) is 0 Å². The van der Waals surface area contributed by atoms with Gasteiger partial charge in [-0.05, 0) is 37.5 Å². The van der Waals surface area contributed by atoms with Gasteiger partial charge < -0.3 is 16.2 Å². The molecule has 4 N–H and O–H groups in total. The smallest absolute Gasteiger partial charge is 0.225 e. The van der Waals surface area contributed by atoms with Crippen molar-refractivity contribution < 1.29 is 9.90 Å². The molecule has 3 atom stereocenters. The van der Waals surface area contributed by atoms with Gasteiger partial charge in [0.25, 0.3) is 0 Å². The number of amides is 1. The molecular weight excluding hydrogens is 228 g/mol. The number of benzene rings is 1. The van der Waals surface area contributed by atoms with Crippen LogP contribution >= 0.6 is 0 Å². The number of nitrogens with two attached hydrogens (primary N) is 1. The fraction of sp³-hybridized carbons (Fsp3) is 0.500. The molecule has 0 saturated heterocycles. The van der Waals surface area contributed by atoms with Crippen molar-refractivity contribution in [1.29, 1.82) is 0 Å². The number of phenolic OH excluding ortho intramolecular Hbond substituents is 1. The first-order valence-corrected chi connectivity index (χ1v) is 6.43. The number of phenols is 1. The maximum absolute atomic E-state index is 12.1. The Kier molecular flexibility index (Phi) is 3.87. The second-order valence-electron chi connectivity index (χ2n) is 5.03. The van der Waals surface area contributed by atoms with E-state index in [9.17, 15) is 9.90 Å². The number of hydrogen-bond acceptors (Lipinski definition) is 3. The Morgan fingerprint density at radius 2 is 2.28 bits per heavy atom. The number of hydrogen-bond donors (Lipinski definition) is 3. The van der Waals surface area contributed by atoms with Crippen molar-refractivity contribution in [3.63, 3.8) is 0 Å². The first-order chi connectivity index (χ1) is 8.58. The third kappa shape index (κ3) is 2.82. The Bertz CT molecular complexity index is 434. The molecule has 1 saturated carbocycles. The van der Waals surface area contributed by atoms with Gasteiger partial charge >= 0.3 is 0 Å². The summed E-state index contributed by atoms with van der Waals surface area (Å²) in [5.41, 5.74) is 6.82. The van der Waals surface area contributed by atoms with Gasteiger partial charge in [-0.15, -0.1) is 0 Å². The Balaban J connectivity index is 1.98. The average Bonchev–Trinajstić information content (AvgIpc) is 2.75. The van der Waals surface area contributed by atoms with Crippen molar-refractivity contribution in [2.75, 3.05) is 0 Å². The standard InChI is InChI=1S/C14H20N2O2/c1-9(10-4-2-5-11(17)8-10)16-14(18)12-6-3-7-13(12)15/h2,4-5,8-9,12-13,17H,3,6-7,15H2,1H3,(H,16,18). The first kappa shape index (κ1) is 12.9. The first-order valence-electron chi connectivity index (χ1n) is 6.43. The Hall–Kier alpha value is -1.55. The molecule has 4 nitrogen and oxygen atoms in total. The maximum Gasteiger partial charge on any atom is 0.225 e. The Morgan fingerprint density at radius 1 is 1.50 bits per heavy atom. The fourth-order valence-corrected chi connectivity index (χ4v) is 2.51.